The molecular formula is C39H72NO8P. The summed E-state index contributed by atoms with van der Waals surface area (Å²) in [4.78, 5) is 37.3. The van der Waals surface area contributed by atoms with Gasteiger partial charge in [-0.1, -0.05) is 140 Å². The number of phosphoric acid groups is 1. The first kappa shape index (κ1) is 47.2. The van der Waals surface area contributed by atoms with Gasteiger partial charge in [-0.2, -0.15) is 0 Å². The zero-order valence-corrected chi connectivity index (χ0v) is 32.8. The number of esters is 2. The highest BCUT2D eigenvalue weighted by atomic mass is 31.2. The highest BCUT2D eigenvalue weighted by Gasteiger charge is 2.21. The van der Waals surface area contributed by atoms with Crippen molar-refractivity contribution in [2.24, 2.45) is 0 Å². The molecule has 0 bridgehead atoms. The number of likely N-dealkylation sites (N-methyl/N-ethyl adjacent to an activating group) is 1. The van der Waals surface area contributed by atoms with Crippen LogP contribution in [0.5, 0.6) is 0 Å². The van der Waals surface area contributed by atoms with Gasteiger partial charge in [0.15, 0.2) is 6.10 Å². The van der Waals surface area contributed by atoms with Crippen molar-refractivity contribution in [3.8, 4) is 0 Å². The minimum absolute atomic E-state index is 0.0350. The van der Waals surface area contributed by atoms with Crippen LogP contribution < -0.4 is 4.89 Å². The van der Waals surface area contributed by atoms with Gasteiger partial charge < -0.3 is 27.9 Å². The average molecular weight is 714 g/mol. The number of allylic oxidation sites excluding steroid dienone is 6. The van der Waals surface area contributed by atoms with E-state index in [0.717, 1.165) is 57.8 Å². The predicted octanol–water partition coefficient (Wildman–Crippen LogP) is 9.55. The topological polar surface area (TPSA) is 111 Å². The Morgan fingerprint density at radius 2 is 1.16 bits per heavy atom. The summed E-state index contributed by atoms with van der Waals surface area (Å²) in [6.45, 7) is 4.04. The summed E-state index contributed by atoms with van der Waals surface area (Å²) in [5, 5.41) is 0. The third kappa shape index (κ3) is 35.8. The highest BCUT2D eigenvalue weighted by molar-refractivity contribution is 7.45. The van der Waals surface area contributed by atoms with Gasteiger partial charge in [-0.15, -0.1) is 0 Å². The van der Waals surface area contributed by atoms with Crippen LogP contribution in [0.15, 0.2) is 36.5 Å². The monoisotopic (exact) mass is 713 g/mol. The number of carbonyl (C=O) groups is 2. The molecule has 0 aromatic carbocycles. The van der Waals surface area contributed by atoms with Crippen LogP contribution in [0.2, 0.25) is 0 Å². The van der Waals surface area contributed by atoms with Gasteiger partial charge in [0.25, 0.3) is 7.82 Å². The highest BCUT2D eigenvalue weighted by Crippen LogP contribution is 2.38. The Bertz CT molecular complexity index is 944. The molecule has 0 N–H and O–H groups in total. The van der Waals surface area contributed by atoms with Crippen molar-refractivity contribution in [3.63, 3.8) is 0 Å². The zero-order valence-electron chi connectivity index (χ0n) is 31.9. The van der Waals surface area contributed by atoms with E-state index in [0.29, 0.717) is 17.4 Å². The first-order valence-corrected chi connectivity index (χ1v) is 20.7. The number of hydrogen-bond acceptors (Lipinski definition) is 8. The molecule has 286 valence electrons. The maximum Gasteiger partial charge on any atom is 0.306 e. The Labute approximate surface area is 300 Å². The smallest absolute Gasteiger partial charge is 0.306 e. The number of nitrogens with zero attached hydrogens (tertiary/aromatic N) is 1. The van der Waals surface area contributed by atoms with Crippen molar-refractivity contribution in [1.29, 1.82) is 0 Å². The van der Waals surface area contributed by atoms with Crippen molar-refractivity contribution in [2.45, 2.75) is 155 Å². The van der Waals surface area contributed by atoms with Gasteiger partial charge in [-0.25, -0.2) is 0 Å². The van der Waals surface area contributed by atoms with Gasteiger partial charge in [0.05, 0.1) is 27.7 Å². The molecule has 0 heterocycles. The third-order valence-electron chi connectivity index (χ3n) is 7.99. The second-order valence-electron chi connectivity index (χ2n) is 14.0. The number of carbonyl (C=O) groups excluding carboxylic acids is 2. The van der Waals surface area contributed by atoms with Crippen LogP contribution in [0.4, 0.5) is 0 Å². The summed E-state index contributed by atoms with van der Waals surface area (Å²) in [6.07, 6.45) is 33.1. The summed E-state index contributed by atoms with van der Waals surface area (Å²) in [7, 11) is 1.15. The first-order chi connectivity index (χ1) is 23.5. The van der Waals surface area contributed by atoms with Gasteiger partial charge in [-0.05, 0) is 32.1 Å². The number of rotatable bonds is 34. The minimum Gasteiger partial charge on any atom is -0.756 e. The van der Waals surface area contributed by atoms with E-state index in [1.54, 1.807) is 0 Å². The standard InChI is InChI=1S/C39H72NO8P/c1-6-8-10-12-14-16-18-20-22-24-26-28-30-32-39(42)48-37(36-47-49(43,44)46-34-33-40(3,4)5)35-45-38(41)31-29-27-25-23-21-19-17-15-13-11-9-7-2/h8,10,12,14,16,18,37H,6-7,9,11,13,15,17,19-36H2,1-5H3/b10-8+,14-12+,18-16+. The second kappa shape index (κ2) is 32.2. The van der Waals surface area contributed by atoms with Gasteiger partial charge in [-0.3, -0.25) is 14.2 Å². The molecule has 0 spiro atoms. The Morgan fingerprint density at radius 3 is 1.71 bits per heavy atom. The predicted molar refractivity (Wildman–Crippen MR) is 199 cm³/mol. The Hall–Kier alpha value is -1.77. The third-order valence-corrected chi connectivity index (χ3v) is 8.95. The maximum absolute atomic E-state index is 12.6. The van der Waals surface area contributed by atoms with E-state index in [1.807, 2.05) is 39.4 Å². The number of hydrogen-bond donors (Lipinski definition) is 0. The van der Waals surface area contributed by atoms with Crippen LogP contribution in [-0.2, 0) is 32.7 Å². The Kier molecular flexibility index (Phi) is 31.0. The fourth-order valence-corrected chi connectivity index (χ4v) is 5.68. The molecule has 49 heavy (non-hydrogen) atoms. The molecule has 10 heteroatoms. The Balaban J connectivity index is 4.47. The molecule has 0 rings (SSSR count). The fourth-order valence-electron chi connectivity index (χ4n) is 4.95. The largest absolute Gasteiger partial charge is 0.756 e. The van der Waals surface area contributed by atoms with E-state index in [-0.39, 0.29) is 26.1 Å². The second-order valence-corrected chi connectivity index (χ2v) is 15.4. The van der Waals surface area contributed by atoms with E-state index in [2.05, 4.69) is 32.1 Å². The molecule has 0 radical (unpaired) electrons. The van der Waals surface area contributed by atoms with Crippen molar-refractivity contribution in [1.82, 2.24) is 0 Å². The summed E-state index contributed by atoms with van der Waals surface area (Å²) in [6, 6.07) is 0. The molecule has 0 aliphatic heterocycles. The van der Waals surface area contributed by atoms with E-state index in [9.17, 15) is 19.0 Å². The fraction of sp³-hybridized carbons (Fsp3) is 0.795. The lowest BCUT2D eigenvalue weighted by Crippen LogP contribution is -2.37. The molecular weight excluding hydrogens is 641 g/mol. The molecule has 0 aliphatic carbocycles. The molecule has 0 aliphatic rings. The zero-order chi connectivity index (χ0) is 36.5. The van der Waals surface area contributed by atoms with E-state index in [4.69, 9.17) is 18.5 Å². The normalized spacial score (nSPS) is 14.2. The van der Waals surface area contributed by atoms with Gasteiger partial charge in [0.1, 0.15) is 19.8 Å². The van der Waals surface area contributed by atoms with Crippen molar-refractivity contribution in [2.75, 3.05) is 47.5 Å². The van der Waals surface area contributed by atoms with Crippen LogP contribution in [-0.4, -0.2) is 70.0 Å². The molecule has 9 nitrogen and oxygen atoms in total. The van der Waals surface area contributed by atoms with Crippen LogP contribution in [0, 0.1) is 0 Å². The van der Waals surface area contributed by atoms with Crippen LogP contribution >= 0.6 is 7.82 Å². The minimum atomic E-state index is -4.62. The molecule has 0 aromatic heterocycles. The summed E-state index contributed by atoms with van der Waals surface area (Å²) >= 11 is 0. The van der Waals surface area contributed by atoms with E-state index < -0.39 is 32.5 Å². The first-order valence-electron chi connectivity index (χ1n) is 19.2. The summed E-state index contributed by atoms with van der Waals surface area (Å²) in [5.41, 5.74) is 0. The lowest BCUT2D eigenvalue weighted by Gasteiger charge is -2.28. The number of phosphoric ester groups is 1. The van der Waals surface area contributed by atoms with Gasteiger partial charge >= 0.3 is 11.9 Å². The van der Waals surface area contributed by atoms with Crippen molar-refractivity contribution in [3.05, 3.63) is 36.5 Å². The Morgan fingerprint density at radius 1 is 0.653 bits per heavy atom. The number of quaternary nitrogens is 1. The lowest BCUT2D eigenvalue weighted by molar-refractivity contribution is -0.870. The van der Waals surface area contributed by atoms with Crippen molar-refractivity contribution < 1.29 is 42.1 Å². The van der Waals surface area contributed by atoms with Crippen molar-refractivity contribution >= 4 is 19.8 Å². The molecule has 0 saturated carbocycles. The molecule has 2 atom stereocenters. The van der Waals surface area contributed by atoms with E-state index in [1.165, 1.54) is 57.8 Å². The van der Waals surface area contributed by atoms with Crippen LogP contribution in [0.1, 0.15) is 149 Å². The molecule has 0 fully saturated rings. The maximum atomic E-state index is 12.6. The lowest BCUT2D eigenvalue weighted by atomic mass is 10.0. The van der Waals surface area contributed by atoms with E-state index >= 15 is 0 Å². The SMILES string of the molecule is CC/C=C/C=C/C=C/CCCCCCCC(=O)OC(COC(=O)CCCCCCCCCCCCCC)COP(=O)([O-])OCC[N+](C)(C)C. The number of unbranched alkanes of at least 4 members (excludes halogenated alkanes) is 16. The quantitative estimate of drug-likeness (QED) is 0.0213. The molecule has 0 aromatic rings. The molecule has 2 unspecified atom stereocenters. The molecule has 0 saturated heterocycles. The van der Waals surface area contributed by atoms with Crippen LogP contribution in [0.3, 0.4) is 0 Å². The van der Waals surface area contributed by atoms with Gasteiger partial charge in [0, 0.05) is 12.8 Å². The molecule has 0 amide bonds. The average Bonchev–Trinajstić information content (AvgIpc) is 3.04. The van der Waals surface area contributed by atoms with Gasteiger partial charge in [0.2, 0.25) is 0 Å². The van der Waals surface area contributed by atoms with Crippen LogP contribution in [0.25, 0.3) is 0 Å². The number of ether oxygens (including phenoxy) is 2. The summed E-state index contributed by atoms with van der Waals surface area (Å²) < 4.78 is 33.7. The summed E-state index contributed by atoms with van der Waals surface area (Å²) in [5.74, 6) is -0.860.